The zero-order valence-electron chi connectivity index (χ0n) is 29.0. The molecule has 3 aliphatic rings. The average Bonchev–Trinajstić information content (AvgIpc) is 3.76. The summed E-state index contributed by atoms with van der Waals surface area (Å²) in [6.45, 7) is 10.6. The van der Waals surface area contributed by atoms with Crippen molar-refractivity contribution in [2.24, 2.45) is 4.99 Å². The molecule has 3 aliphatic heterocycles. The molecule has 0 aliphatic carbocycles. The molecule has 0 saturated carbocycles. The summed E-state index contributed by atoms with van der Waals surface area (Å²) in [7, 11) is 1.61. The number of carbonyl (C=O) groups excluding carboxylic acids is 1. The minimum absolute atomic E-state index is 0.0866. The lowest BCUT2D eigenvalue weighted by Gasteiger charge is -2.34. The van der Waals surface area contributed by atoms with E-state index in [4.69, 9.17) is 18.6 Å². The Balaban J connectivity index is 0.773. The number of carbonyl (C=O) groups is 1. The van der Waals surface area contributed by atoms with Gasteiger partial charge in [0.2, 0.25) is 5.89 Å². The number of hydrogen-bond acceptors (Lipinski definition) is 9. The summed E-state index contributed by atoms with van der Waals surface area (Å²) in [6.07, 6.45) is 8.05. The van der Waals surface area contributed by atoms with Crippen LogP contribution in [0.5, 0.6) is 17.2 Å². The molecule has 1 aromatic heterocycles. The molecule has 2 saturated heterocycles. The second-order valence-corrected chi connectivity index (χ2v) is 13.4. The van der Waals surface area contributed by atoms with Crippen LogP contribution in [0.4, 0.5) is 10.1 Å². The Bertz CT molecular complexity index is 1840. The highest BCUT2D eigenvalue weighted by molar-refractivity contribution is 6.03. The van der Waals surface area contributed by atoms with Gasteiger partial charge in [-0.15, -0.1) is 0 Å². The Hall–Kier alpha value is -4.48. The number of fused-ring (bicyclic) bond motifs is 3. The van der Waals surface area contributed by atoms with Crippen molar-refractivity contribution in [1.82, 2.24) is 19.7 Å². The lowest BCUT2D eigenvalue weighted by Crippen LogP contribution is -2.46. The minimum atomic E-state index is -0.347. The molecule has 4 heterocycles. The van der Waals surface area contributed by atoms with Gasteiger partial charge in [-0.25, -0.2) is 9.37 Å². The maximum Gasteiger partial charge on any atom is 0.256 e. The fourth-order valence-electron chi connectivity index (χ4n) is 7.05. The van der Waals surface area contributed by atoms with E-state index in [1.54, 1.807) is 13.2 Å². The highest BCUT2D eigenvalue weighted by Crippen LogP contribution is 2.35. The lowest BCUT2D eigenvalue weighted by atomic mass is 10.1. The molecule has 50 heavy (non-hydrogen) atoms. The predicted octanol–water partition coefficient (Wildman–Crippen LogP) is 6.91. The molecule has 0 radical (unpaired) electrons. The SMILES string of the molecule is COc1cc(-c2nc3cc(F)ccc3o2)ccc1OCCCCN1CCN(CCCCOc2cc3c(cc2C)C(=O)N2CCC[C@H]2C=N3)CC1. The second kappa shape index (κ2) is 15.6. The zero-order chi connectivity index (χ0) is 34.5. The van der Waals surface area contributed by atoms with Crippen LogP contribution in [0.25, 0.3) is 22.6 Å². The van der Waals surface area contributed by atoms with Gasteiger partial charge in [-0.2, -0.15) is 0 Å². The Labute approximate surface area is 292 Å². The average molecular weight is 684 g/mol. The summed E-state index contributed by atoms with van der Waals surface area (Å²) >= 11 is 0. The van der Waals surface area contributed by atoms with Gasteiger partial charge in [-0.1, -0.05) is 0 Å². The Kier molecular flexibility index (Phi) is 10.6. The minimum Gasteiger partial charge on any atom is -0.493 e. The third-order valence-electron chi connectivity index (χ3n) is 9.95. The van der Waals surface area contributed by atoms with E-state index in [1.807, 2.05) is 48.4 Å². The largest absolute Gasteiger partial charge is 0.493 e. The van der Waals surface area contributed by atoms with E-state index in [0.717, 1.165) is 107 Å². The van der Waals surface area contributed by atoms with Crippen LogP contribution in [-0.2, 0) is 0 Å². The summed E-state index contributed by atoms with van der Waals surface area (Å²) in [4.78, 5) is 29.2. The van der Waals surface area contributed by atoms with Crippen molar-refractivity contribution < 1.29 is 27.8 Å². The van der Waals surface area contributed by atoms with E-state index in [1.165, 1.54) is 12.1 Å². The summed E-state index contributed by atoms with van der Waals surface area (Å²) < 4.78 is 37.2. The van der Waals surface area contributed by atoms with Crippen molar-refractivity contribution in [3.8, 4) is 28.7 Å². The van der Waals surface area contributed by atoms with Crippen LogP contribution < -0.4 is 14.2 Å². The monoisotopic (exact) mass is 683 g/mol. The molecule has 0 N–H and O–H groups in total. The maximum atomic E-state index is 13.6. The molecular weight excluding hydrogens is 637 g/mol. The first-order valence-corrected chi connectivity index (χ1v) is 17.9. The summed E-state index contributed by atoms with van der Waals surface area (Å²) in [5.41, 5.74) is 4.15. The molecule has 0 spiro atoms. The number of nitrogens with zero attached hydrogens (tertiary/aromatic N) is 5. The number of ether oxygens (including phenoxy) is 3. The van der Waals surface area contributed by atoms with Crippen molar-refractivity contribution in [3.05, 3.63) is 65.5 Å². The molecule has 0 unspecified atom stereocenters. The number of unbranched alkanes of at least 4 members (excludes halogenated alkanes) is 2. The zero-order valence-corrected chi connectivity index (χ0v) is 29.0. The Morgan fingerprint density at radius 3 is 2.34 bits per heavy atom. The number of aryl methyl sites for hydroxylation is 1. The third kappa shape index (κ3) is 7.79. The first-order chi connectivity index (χ1) is 24.4. The van der Waals surface area contributed by atoms with E-state index in [9.17, 15) is 9.18 Å². The summed E-state index contributed by atoms with van der Waals surface area (Å²) in [6, 6.07) is 13.9. The number of piperazine rings is 1. The van der Waals surface area contributed by atoms with Crippen LogP contribution in [0, 0.1) is 12.7 Å². The number of methoxy groups -OCH3 is 1. The third-order valence-corrected chi connectivity index (χ3v) is 9.95. The molecule has 0 bridgehead atoms. The number of aliphatic imine (C=N–C) groups is 1. The second-order valence-electron chi connectivity index (χ2n) is 13.4. The van der Waals surface area contributed by atoms with Crippen LogP contribution in [-0.4, -0.2) is 104 Å². The van der Waals surface area contributed by atoms with Gasteiger partial charge in [0.05, 0.1) is 37.6 Å². The van der Waals surface area contributed by atoms with Crippen LogP contribution >= 0.6 is 0 Å². The van der Waals surface area contributed by atoms with Gasteiger partial charge < -0.3 is 33.3 Å². The van der Waals surface area contributed by atoms with E-state index in [2.05, 4.69) is 19.8 Å². The van der Waals surface area contributed by atoms with E-state index < -0.39 is 0 Å². The van der Waals surface area contributed by atoms with Gasteiger partial charge >= 0.3 is 0 Å². The fourth-order valence-corrected chi connectivity index (χ4v) is 7.05. The Morgan fingerprint density at radius 1 is 0.860 bits per heavy atom. The van der Waals surface area contributed by atoms with Crippen molar-refractivity contribution >= 4 is 28.9 Å². The molecule has 11 heteroatoms. The molecule has 4 aromatic rings. The molecule has 10 nitrogen and oxygen atoms in total. The quantitative estimate of drug-likeness (QED) is 0.133. The van der Waals surface area contributed by atoms with Gasteiger partial charge in [0.1, 0.15) is 17.1 Å². The van der Waals surface area contributed by atoms with Crippen LogP contribution in [0.15, 0.2) is 57.9 Å². The smallest absolute Gasteiger partial charge is 0.256 e. The van der Waals surface area contributed by atoms with Gasteiger partial charge in [0, 0.05) is 56.6 Å². The molecule has 1 amide bonds. The Morgan fingerprint density at radius 2 is 1.60 bits per heavy atom. The molecule has 264 valence electrons. The molecule has 2 fully saturated rings. The number of rotatable bonds is 14. The fraction of sp³-hybridized carbons (Fsp3) is 0.462. The maximum absolute atomic E-state index is 13.6. The highest BCUT2D eigenvalue weighted by atomic mass is 19.1. The van der Waals surface area contributed by atoms with E-state index >= 15 is 0 Å². The summed E-state index contributed by atoms with van der Waals surface area (Å²) in [5.74, 6) is 2.26. The summed E-state index contributed by atoms with van der Waals surface area (Å²) in [5, 5.41) is 0. The van der Waals surface area contributed by atoms with E-state index in [-0.39, 0.29) is 17.8 Å². The highest BCUT2D eigenvalue weighted by Gasteiger charge is 2.32. The van der Waals surface area contributed by atoms with Crippen molar-refractivity contribution in [2.45, 2.75) is 51.5 Å². The topological polar surface area (TPSA) is 92.9 Å². The van der Waals surface area contributed by atoms with Crippen molar-refractivity contribution in [1.29, 1.82) is 0 Å². The van der Waals surface area contributed by atoms with Gasteiger partial charge in [0.25, 0.3) is 5.91 Å². The molecule has 7 rings (SSSR count). The van der Waals surface area contributed by atoms with Crippen molar-refractivity contribution in [2.75, 3.05) is 66.1 Å². The molecule has 3 aromatic carbocycles. The molecule has 1 atom stereocenters. The van der Waals surface area contributed by atoms with Crippen molar-refractivity contribution in [3.63, 3.8) is 0 Å². The van der Waals surface area contributed by atoms with Gasteiger partial charge in [-0.05, 0) is 100 Å². The molecular formula is C39H46FN5O5. The lowest BCUT2D eigenvalue weighted by molar-refractivity contribution is 0.0774. The number of benzene rings is 3. The van der Waals surface area contributed by atoms with Crippen LogP contribution in [0.1, 0.15) is 54.4 Å². The van der Waals surface area contributed by atoms with Gasteiger partial charge in [-0.3, -0.25) is 9.79 Å². The van der Waals surface area contributed by atoms with Gasteiger partial charge in [0.15, 0.2) is 17.1 Å². The predicted molar refractivity (Wildman–Crippen MR) is 192 cm³/mol. The number of amides is 1. The number of aromatic nitrogens is 1. The normalized spacial score (nSPS) is 17.9. The first kappa shape index (κ1) is 34.0. The van der Waals surface area contributed by atoms with Crippen LogP contribution in [0.3, 0.4) is 0 Å². The number of oxazole rings is 1. The first-order valence-electron chi connectivity index (χ1n) is 17.9. The number of hydrogen-bond donors (Lipinski definition) is 0. The van der Waals surface area contributed by atoms with Crippen LogP contribution in [0.2, 0.25) is 0 Å². The number of halogens is 1. The standard InChI is InChI=1S/C39H46FN5O5/c1-27-22-31-32(41-26-30-8-7-15-45(30)39(31)46)25-36(27)49-21-6-4-14-44-18-16-43(17-19-44)13-3-5-20-48-35-11-9-28(23-37(35)47-2)38-42-33-24-29(40)10-12-34(33)50-38/h9-12,22-26,30H,3-8,13-21H2,1-2H3/t30-/m0/s1. The van der Waals surface area contributed by atoms with E-state index in [0.29, 0.717) is 47.3 Å².